The third-order valence-corrected chi connectivity index (χ3v) is 4.97. The summed E-state index contributed by atoms with van der Waals surface area (Å²) in [5.41, 5.74) is 0.437. The maximum Gasteiger partial charge on any atom is 0.00474 e. The van der Waals surface area contributed by atoms with Crippen LogP contribution >= 0.6 is 0 Å². The van der Waals surface area contributed by atoms with Crippen LogP contribution in [-0.2, 0) is 0 Å². The summed E-state index contributed by atoms with van der Waals surface area (Å²) in [6.07, 6.45) is 6.92. The van der Waals surface area contributed by atoms with Gasteiger partial charge >= 0.3 is 0 Å². The van der Waals surface area contributed by atoms with E-state index in [9.17, 15) is 0 Å². The van der Waals surface area contributed by atoms with Crippen molar-refractivity contribution in [1.29, 1.82) is 0 Å². The highest BCUT2D eigenvalue weighted by molar-refractivity contribution is 4.82. The van der Waals surface area contributed by atoms with Gasteiger partial charge in [0, 0.05) is 13.1 Å². The van der Waals surface area contributed by atoms with Gasteiger partial charge in [-0.2, -0.15) is 0 Å². The van der Waals surface area contributed by atoms with Crippen LogP contribution in [0.25, 0.3) is 0 Å². The molecular formula is C18H38N2. The van der Waals surface area contributed by atoms with Gasteiger partial charge in [-0.15, -0.1) is 0 Å². The van der Waals surface area contributed by atoms with Crippen LogP contribution in [0.15, 0.2) is 0 Å². The standard InChI is InChI=1S/C18H38N2/c1-6-8-17-9-11-20(12-10-17)15-18(5,7-2)14-19-13-16(3)4/h16-17,19H,6-15H2,1-5H3. The van der Waals surface area contributed by atoms with Crippen molar-refractivity contribution in [1.82, 2.24) is 10.2 Å². The second-order valence-corrected chi connectivity index (χ2v) is 7.70. The first-order chi connectivity index (χ1) is 9.49. The van der Waals surface area contributed by atoms with E-state index >= 15 is 0 Å². The van der Waals surface area contributed by atoms with Crippen molar-refractivity contribution >= 4 is 0 Å². The number of nitrogens with one attached hydrogen (secondary N) is 1. The molecule has 1 aliphatic heterocycles. The Morgan fingerprint density at radius 2 is 1.85 bits per heavy atom. The van der Waals surface area contributed by atoms with Gasteiger partial charge in [0.15, 0.2) is 0 Å². The number of hydrogen-bond donors (Lipinski definition) is 1. The third-order valence-electron chi connectivity index (χ3n) is 4.97. The molecule has 0 radical (unpaired) electrons. The molecule has 0 aromatic heterocycles. The molecule has 1 aliphatic rings. The van der Waals surface area contributed by atoms with E-state index in [-0.39, 0.29) is 0 Å². The summed E-state index contributed by atoms with van der Waals surface area (Å²) in [6.45, 7) is 17.9. The number of hydrogen-bond acceptors (Lipinski definition) is 2. The Labute approximate surface area is 127 Å². The molecule has 0 amide bonds. The van der Waals surface area contributed by atoms with Crippen LogP contribution in [0.5, 0.6) is 0 Å². The zero-order valence-electron chi connectivity index (χ0n) is 14.7. The number of nitrogens with zero attached hydrogens (tertiary/aromatic N) is 1. The Balaban J connectivity index is 2.32. The van der Waals surface area contributed by atoms with Crippen molar-refractivity contribution in [2.45, 2.75) is 66.7 Å². The van der Waals surface area contributed by atoms with E-state index in [4.69, 9.17) is 0 Å². The molecule has 0 aromatic carbocycles. The molecule has 2 heteroatoms. The molecule has 2 nitrogen and oxygen atoms in total. The quantitative estimate of drug-likeness (QED) is 0.683. The average Bonchev–Trinajstić information content (AvgIpc) is 2.41. The highest BCUT2D eigenvalue weighted by Gasteiger charge is 2.27. The molecular weight excluding hydrogens is 244 g/mol. The molecule has 1 saturated heterocycles. The third kappa shape index (κ3) is 6.58. The fraction of sp³-hybridized carbons (Fsp3) is 1.00. The number of rotatable bonds is 9. The molecule has 1 N–H and O–H groups in total. The monoisotopic (exact) mass is 282 g/mol. The van der Waals surface area contributed by atoms with E-state index in [1.54, 1.807) is 0 Å². The van der Waals surface area contributed by atoms with Crippen molar-refractivity contribution < 1.29 is 0 Å². The lowest BCUT2D eigenvalue weighted by molar-refractivity contribution is 0.111. The van der Waals surface area contributed by atoms with Gasteiger partial charge in [0.25, 0.3) is 0 Å². The summed E-state index contributed by atoms with van der Waals surface area (Å²) in [7, 11) is 0. The SMILES string of the molecule is CCCC1CCN(CC(C)(CC)CNCC(C)C)CC1. The molecule has 0 aliphatic carbocycles. The van der Waals surface area contributed by atoms with Gasteiger partial charge in [-0.1, -0.05) is 47.5 Å². The van der Waals surface area contributed by atoms with Gasteiger partial charge in [0.1, 0.15) is 0 Å². The average molecular weight is 283 g/mol. The van der Waals surface area contributed by atoms with Gasteiger partial charge in [-0.05, 0) is 56.1 Å². The molecule has 1 rings (SSSR count). The molecule has 120 valence electrons. The second-order valence-electron chi connectivity index (χ2n) is 7.70. The molecule has 0 aromatic rings. The van der Waals surface area contributed by atoms with Crippen LogP contribution < -0.4 is 5.32 Å². The summed E-state index contributed by atoms with van der Waals surface area (Å²) < 4.78 is 0. The van der Waals surface area contributed by atoms with Gasteiger partial charge in [-0.25, -0.2) is 0 Å². The molecule has 1 heterocycles. The van der Waals surface area contributed by atoms with Gasteiger partial charge in [0.2, 0.25) is 0 Å². The summed E-state index contributed by atoms with van der Waals surface area (Å²) in [5.74, 6) is 1.75. The lowest BCUT2D eigenvalue weighted by atomic mass is 9.85. The summed E-state index contributed by atoms with van der Waals surface area (Å²) in [6, 6.07) is 0. The highest BCUT2D eigenvalue weighted by Crippen LogP contribution is 2.27. The van der Waals surface area contributed by atoms with Crippen molar-refractivity contribution in [3.05, 3.63) is 0 Å². The van der Waals surface area contributed by atoms with Crippen molar-refractivity contribution in [3.63, 3.8) is 0 Å². The van der Waals surface area contributed by atoms with E-state index in [2.05, 4.69) is 44.8 Å². The normalized spacial score (nSPS) is 21.3. The van der Waals surface area contributed by atoms with Crippen molar-refractivity contribution in [2.75, 3.05) is 32.7 Å². The van der Waals surface area contributed by atoms with Crippen LogP contribution in [0, 0.1) is 17.3 Å². The smallest absolute Gasteiger partial charge is 0.00474 e. The Kier molecular flexibility index (Phi) is 8.13. The minimum atomic E-state index is 0.437. The first-order valence-electron chi connectivity index (χ1n) is 8.92. The molecule has 1 fully saturated rings. The first-order valence-corrected chi connectivity index (χ1v) is 8.92. The summed E-state index contributed by atoms with van der Waals surface area (Å²) in [4.78, 5) is 2.71. The fourth-order valence-electron chi connectivity index (χ4n) is 3.34. The minimum absolute atomic E-state index is 0.437. The molecule has 1 unspecified atom stereocenters. The van der Waals surface area contributed by atoms with Crippen LogP contribution in [0.3, 0.4) is 0 Å². The largest absolute Gasteiger partial charge is 0.316 e. The fourth-order valence-corrected chi connectivity index (χ4v) is 3.34. The van der Waals surface area contributed by atoms with Crippen LogP contribution in [0.4, 0.5) is 0 Å². The molecule has 20 heavy (non-hydrogen) atoms. The lowest BCUT2D eigenvalue weighted by Crippen LogP contribution is -2.45. The van der Waals surface area contributed by atoms with Gasteiger partial charge < -0.3 is 10.2 Å². The number of piperidine rings is 1. The van der Waals surface area contributed by atoms with Crippen LogP contribution in [-0.4, -0.2) is 37.6 Å². The minimum Gasteiger partial charge on any atom is -0.316 e. The zero-order valence-corrected chi connectivity index (χ0v) is 14.7. The topological polar surface area (TPSA) is 15.3 Å². The predicted molar refractivity (Wildman–Crippen MR) is 90.2 cm³/mol. The van der Waals surface area contributed by atoms with Gasteiger partial charge in [-0.3, -0.25) is 0 Å². The Bertz CT molecular complexity index is 244. The van der Waals surface area contributed by atoms with E-state index in [1.165, 1.54) is 51.7 Å². The summed E-state index contributed by atoms with van der Waals surface area (Å²) >= 11 is 0. The van der Waals surface area contributed by atoms with Crippen LogP contribution in [0.1, 0.15) is 66.7 Å². The Morgan fingerprint density at radius 1 is 1.20 bits per heavy atom. The Hall–Kier alpha value is -0.0800. The van der Waals surface area contributed by atoms with Crippen molar-refractivity contribution in [2.24, 2.45) is 17.3 Å². The van der Waals surface area contributed by atoms with Crippen molar-refractivity contribution in [3.8, 4) is 0 Å². The lowest BCUT2D eigenvalue weighted by Gasteiger charge is -2.39. The predicted octanol–water partition coefficient (Wildman–Crippen LogP) is 4.16. The van der Waals surface area contributed by atoms with E-state index in [0.717, 1.165) is 24.9 Å². The van der Waals surface area contributed by atoms with E-state index in [1.807, 2.05) is 0 Å². The van der Waals surface area contributed by atoms with Gasteiger partial charge in [0.05, 0.1) is 0 Å². The zero-order chi connectivity index (χ0) is 15.0. The van der Waals surface area contributed by atoms with E-state index < -0.39 is 0 Å². The first kappa shape index (κ1) is 18.0. The summed E-state index contributed by atoms with van der Waals surface area (Å²) in [5, 5.41) is 3.67. The maximum atomic E-state index is 3.67. The molecule has 0 saturated carbocycles. The molecule has 0 spiro atoms. The maximum absolute atomic E-state index is 3.67. The second kappa shape index (κ2) is 9.04. The van der Waals surface area contributed by atoms with E-state index in [0.29, 0.717) is 5.41 Å². The Morgan fingerprint density at radius 3 is 2.35 bits per heavy atom. The highest BCUT2D eigenvalue weighted by atomic mass is 15.1. The number of likely N-dealkylation sites (tertiary alicyclic amines) is 1. The van der Waals surface area contributed by atoms with Crippen LogP contribution in [0.2, 0.25) is 0 Å². The molecule has 0 bridgehead atoms. The molecule has 1 atom stereocenters.